The summed E-state index contributed by atoms with van der Waals surface area (Å²) in [7, 11) is 0. The maximum atomic E-state index is 13.2. The van der Waals surface area contributed by atoms with E-state index in [1.165, 1.54) is 18.4 Å². The van der Waals surface area contributed by atoms with Crippen molar-refractivity contribution in [2.75, 3.05) is 11.4 Å². The van der Waals surface area contributed by atoms with Gasteiger partial charge in [0.1, 0.15) is 5.69 Å². The van der Waals surface area contributed by atoms with E-state index in [4.69, 9.17) is 5.10 Å². The van der Waals surface area contributed by atoms with Crippen LogP contribution < -0.4 is 4.90 Å². The van der Waals surface area contributed by atoms with E-state index in [1.807, 2.05) is 27.8 Å². The molecule has 0 bridgehead atoms. The van der Waals surface area contributed by atoms with Crippen molar-refractivity contribution in [1.29, 1.82) is 0 Å². The van der Waals surface area contributed by atoms with Gasteiger partial charge < -0.3 is 4.90 Å². The quantitative estimate of drug-likeness (QED) is 0.748. The smallest absolute Gasteiger partial charge is 0.276 e. The second-order valence-corrected chi connectivity index (χ2v) is 6.55. The summed E-state index contributed by atoms with van der Waals surface area (Å²) in [5, 5.41) is 4.75. The summed E-state index contributed by atoms with van der Waals surface area (Å²) in [5.41, 5.74) is 5.25. The summed E-state index contributed by atoms with van der Waals surface area (Å²) in [6.07, 6.45) is 5.21. The third-order valence-electron chi connectivity index (χ3n) is 4.88. The normalized spacial score (nSPS) is 14.1. The molecule has 0 saturated carbocycles. The summed E-state index contributed by atoms with van der Waals surface area (Å²) >= 11 is 0. The van der Waals surface area contributed by atoms with Crippen LogP contribution in [0, 0.1) is 6.92 Å². The molecule has 1 aliphatic rings. The minimum absolute atomic E-state index is 0.106. The number of nitrogens with zero attached hydrogens (tertiary/aromatic N) is 3. The Kier molecular flexibility index (Phi) is 5.03. The fourth-order valence-corrected chi connectivity index (χ4v) is 3.56. The average Bonchev–Trinajstić information content (AvgIpc) is 2.95. The lowest BCUT2D eigenvalue weighted by molar-refractivity contribution is 0.0969. The molecule has 2 heterocycles. The summed E-state index contributed by atoms with van der Waals surface area (Å²) in [6, 6.07) is 8.12. The molecule has 2 aromatic rings. The standard InChI is InChI=1S/C20H27N3O/c1-4-6-9-13-23-19-16(17(5-2)21-23)12-14-22(20(19)24)18-11-8-7-10-15(18)3/h7-8,10-11H,4-6,9,12-14H2,1-3H3. The van der Waals surface area contributed by atoms with Crippen LogP contribution >= 0.6 is 0 Å². The molecule has 1 aromatic heterocycles. The topological polar surface area (TPSA) is 38.1 Å². The van der Waals surface area contributed by atoms with Gasteiger partial charge in [-0.15, -0.1) is 0 Å². The third-order valence-corrected chi connectivity index (χ3v) is 4.88. The van der Waals surface area contributed by atoms with Crippen LogP contribution in [0.3, 0.4) is 0 Å². The van der Waals surface area contributed by atoms with Crippen molar-refractivity contribution in [2.45, 2.75) is 59.4 Å². The van der Waals surface area contributed by atoms with Crippen molar-refractivity contribution in [3.8, 4) is 0 Å². The predicted octanol–water partition coefficient (Wildman–Crippen LogP) is 4.15. The van der Waals surface area contributed by atoms with E-state index in [1.54, 1.807) is 0 Å². The number of amides is 1. The molecule has 0 unspecified atom stereocenters. The first kappa shape index (κ1) is 16.7. The zero-order valence-electron chi connectivity index (χ0n) is 15.0. The van der Waals surface area contributed by atoms with Crippen LogP contribution in [0.15, 0.2) is 24.3 Å². The second-order valence-electron chi connectivity index (χ2n) is 6.55. The van der Waals surface area contributed by atoms with Gasteiger partial charge in [0.25, 0.3) is 5.91 Å². The lowest BCUT2D eigenvalue weighted by Gasteiger charge is -2.29. The Morgan fingerprint density at radius 3 is 2.67 bits per heavy atom. The SMILES string of the molecule is CCCCCn1nc(CC)c2c1C(=O)N(c1ccccc1C)CC2. The van der Waals surface area contributed by atoms with E-state index < -0.39 is 0 Å². The van der Waals surface area contributed by atoms with Gasteiger partial charge in [-0.3, -0.25) is 9.48 Å². The highest BCUT2D eigenvalue weighted by Gasteiger charge is 2.32. The first-order valence-electron chi connectivity index (χ1n) is 9.13. The number of rotatable bonds is 6. The van der Waals surface area contributed by atoms with E-state index in [0.717, 1.165) is 55.0 Å². The van der Waals surface area contributed by atoms with E-state index in [-0.39, 0.29) is 5.91 Å². The molecule has 128 valence electrons. The van der Waals surface area contributed by atoms with Crippen LogP contribution in [0.1, 0.15) is 60.4 Å². The highest BCUT2D eigenvalue weighted by Crippen LogP contribution is 2.29. The molecule has 1 aliphatic heterocycles. The first-order chi connectivity index (χ1) is 11.7. The van der Waals surface area contributed by atoms with Crippen LogP contribution in [0.25, 0.3) is 0 Å². The zero-order valence-corrected chi connectivity index (χ0v) is 15.0. The summed E-state index contributed by atoms with van der Waals surface area (Å²) in [6.45, 7) is 7.96. The molecule has 0 atom stereocenters. The highest BCUT2D eigenvalue weighted by atomic mass is 16.2. The van der Waals surface area contributed by atoms with Gasteiger partial charge in [-0.2, -0.15) is 5.10 Å². The second kappa shape index (κ2) is 7.20. The molecular weight excluding hydrogens is 298 g/mol. The summed E-state index contributed by atoms with van der Waals surface area (Å²) in [5.74, 6) is 0.106. The number of hydrogen-bond donors (Lipinski definition) is 0. The molecule has 1 amide bonds. The van der Waals surface area contributed by atoms with Gasteiger partial charge in [-0.1, -0.05) is 44.9 Å². The fraction of sp³-hybridized carbons (Fsp3) is 0.500. The Morgan fingerprint density at radius 2 is 1.96 bits per heavy atom. The number of unbranched alkanes of at least 4 members (excludes halogenated alkanes) is 2. The number of aryl methyl sites for hydroxylation is 3. The van der Waals surface area contributed by atoms with Gasteiger partial charge in [-0.25, -0.2) is 0 Å². The molecular formula is C20H27N3O. The number of hydrogen-bond acceptors (Lipinski definition) is 2. The van der Waals surface area contributed by atoms with Gasteiger partial charge in [0.2, 0.25) is 0 Å². The molecule has 0 radical (unpaired) electrons. The molecule has 4 nitrogen and oxygen atoms in total. The van der Waals surface area contributed by atoms with Gasteiger partial charge in [0.15, 0.2) is 0 Å². The van der Waals surface area contributed by atoms with Gasteiger partial charge >= 0.3 is 0 Å². The molecule has 0 saturated heterocycles. The van der Waals surface area contributed by atoms with Crippen molar-refractivity contribution >= 4 is 11.6 Å². The monoisotopic (exact) mass is 325 g/mol. The lowest BCUT2D eigenvalue weighted by Crippen LogP contribution is -2.39. The van der Waals surface area contributed by atoms with Crippen molar-refractivity contribution < 1.29 is 4.79 Å². The number of aromatic nitrogens is 2. The Labute approximate surface area is 144 Å². The van der Waals surface area contributed by atoms with Gasteiger partial charge in [-0.05, 0) is 37.8 Å². The van der Waals surface area contributed by atoms with Crippen molar-refractivity contribution in [3.63, 3.8) is 0 Å². The molecule has 24 heavy (non-hydrogen) atoms. The summed E-state index contributed by atoms with van der Waals surface area (Å²) < 4.78 is 1.97. The Balaban J connectivity index is 1.96. The maximum absolute atomic E-state index is 13.2. The number of fused-ring (bicyclic) bond motifs is 1. The predicted molar refractivity (Wildman–Crippen MR) is 97.7 cm³/mol. The van der Waals surface area contributed by atoms with Crippen molar-refractivity contribution in [1.82, 2.24) is 9.78 Å². The first-order valence-corrected chi connectivity index (χ1v) is 9.13. The minimum atomic E-state index is 0.106. The molecule has 0 aliphatic carbocycles. The highest BCUT2D eigenvalue weighted by molar-refractivity contribution is 6.07. The van der Waals surface area contributed by atoms with Crippen LogP contribution in [0.4, 0.5) is 5.69 Å². The number of para-hydroxylation sites is 1. The van der Waals surface area contributed by atoms with Crippen molar-refractivity contribution in [3.05, 3.63) is 46.8 Å². The average molecular weight is 325 g/mol. The number of carbonyl (C=O) groups is 1. The number of benzene rings is 1. The third kappa shape index (κ3) is 2.97. The lowest BCUT2D eigenvalue weighted by atomic mass is 10.0. The van der Waals surface area contributed by atoms with Gasteiger partial charge in [0, 0.05) is 24.3 Å². The van der Waals surface area contributed by atoms with Crippen molar-refractivity contribution in [2.24, 2.45) is 0 Å². The van der Waals surface area contributed by atoms with Crippen LogP contribution in [0.5, 0.6) is 0 Å². The van der Waals surface area contributed by atoms with E-state index in [9.17, 15) is 4.79 Å². The Bertz CT molecular complexity index is 732. The van der Waals surface area contributed by atoms with Gasteiger partial charge in [0.05, 0.1) is 5.69 Å². The van der Waals surface area contributed by atoms with Crippen LogP contribution in [-0.2, 0) is 19.4 Å². The fourth-order valence-electron chi connectivity index (χ4n) is 3.56. The maximum Gasteiger partial charge on any atom is 0.276 e. The minimum Gasteiger partial charge on any atom is -0.306 e. The van der Waals surface area contributed by atoms with E-state index in [2.05, 4.69) is 26.8 Å². The Hall–Kier alpha value is -2.10. The Morgan fingerprint density at radius 1 is 1.17 bits per heavy atom. The molecule has 1 aromatic carbocycles. The number of carbonyl (C=O) groups excluding carboxylic acids is 1. The van der Waals surface area contributed by atoms with E-state index >= 15 is 0 Å². The molecule has 4 heteroatoms. The number of anilines is 1. The molecule has 0 N–H and O–H groups in total. The summed E-state index contributed by atoms with van der Waals surface area (Å²) in [4.78, 5) is 15.1. The largest absolute Gasteiger partial charge is 0.306 e. The molecule has 0 fully saturated rings. The molecule has 0 spiro atoms. The van der Waals surface area contributed by atoms with Crippen LogP contribution in [0.2, 0.25) is 0 Å². The van der Waals surface area contributed by atoms with Crippen LogP contribution in [-0.4, -0.2) is 22.2 Å². The molecule has 3 rings (SSSR count). The van der Waals surface area contributed by atoms with E-state index in [0.29, 0.717) is 0 Å². The zero-order chi connectivity index (χ0) is 17.1.